The molecule has 0 amide bonds. The van der Waals surface area contributed by atoms with E-state index >= 15 is 0 Å². The number of para-hydroxylation sites is 2. The van der Waals surface area contributed by atoms with E-state index in [9.17, 15) is 14.9 Å². The molecule has 1 N–H and O–H groups in total. The lowest BCUT2D eigenvalue weighted by atomic mass is 9.94. The maximum atomic E-state index is 12.1. The van der Waals surface area contributed by atoms with Crippen molar-refractivity contribution in [2.45, 2.75) is 18.4 Å². The number of methoxy groups -OCH3 is 1. The maximum Gasteiger partial charge on any atom is 0.329 e. The molecule has 7 nitrogen and oxygen atoms in total. The minimum Gasteiger partial charge on any atom is -0.484 e. The number of nitrogens with one attached hydrogen (secondary N) is 1. The third-order valence-electron chi connectivity index (χ3n) is 3.79. The fraction of sp³-hybridized carbons (Fsp3) is 0.500. The Morgan fingerprint density at radius 3 is 2.67 bits per heavy atom. The van der Waals surface area contributed by atoms with E-state index in [2.05, 4.69) is 5.32 Å². The van der Waals surface area contributed by atoms with Crippen molar-refractivity contribution >= 4 is 11.7 Å². The zero-order chi connectivity index (χ0) is 15.5. The predicted octanol–water partition coefficient (Wildman–Crippen LogP) is 1.51. The van der Waals surface area contributed by atoms with Crippen molar-refractivity contribution in [3.8, 4) is 5.75 Å². The van der Waals surface area contributed by atoms with Crippen LogP contribution in [-0.2, 0) is 9.53 Å². The largest absolute Gasteiger partial charge is 0.484 e. The second kappa shape index (κ2) is 6.09. The summed E-state index contributed by atoms with van der Waals surface area (Å²) in [5, 5.41) is 13.9. The van der Waals surface area contributed by atoms with Crippen LogP contribution in [-0.4, -0.2) is 37.2 Å². The quantitative estimate of drug-likeness (QED) is 0.466. The smallest absolute Gasteiger partial charge is 0.329 e. The molecule has 2 rings (SSSR count). The van der Waals surface area contributed by atoms with Crippen LogP contribution in [0.3, 0.4) is 0 Å². The van der Waals surface area contributed by atoms with Crippen molar-refractivity contribution in [3.05, 3.63) is 34.4 Å². The Labute approximate surface area is 122 Å². The molecule has 0 radical (unpaired) electrons. The average molecular weight is 294 g/mol. The van der Waals surface area contributed by atoms with Gasteiger partial charge in [0.15, 0.2) is 11.3 Å². The van der Waals surface area contributed by atoms with E-state index in [1.807, 2.05) is 0 Å². The molecule has 1 aliphatic rings. The summed E-state index contributed by atoms with van der Waals surface area (Å²) < 4.78 is 10.4. The number of nitro groups is 1. The van der Waals surface area contributed by atoms with Gasteiger partial charge in [-0.1, -0.05) is 12.1 Å². The molecule has 1 aromatic rings. The van der Waals surface area contributed by atoms with Crippen LogP contribution in [0.25, 0.3) is 0 Å². The van der Waals surface area contributed by atoms with Crippen LogP contribution >= 0.6 is 0 Å². The van der Waals surface area contributed by atoms with Crippen LogP contribution in [0.4, 0.5) is 5.69 Å². The molecule has 1 saturated carbocycles. The van der Waals surface area contributed by atoms with Crippen molar-refractivity contribution in [1.82, 2.24) is 5.32 Å². The summed E-state index contributed by atoms with van der Waals surface area (Å²) in [4.78, 5) is 22.6. The van der Waals surface area contributed by atoms with Gasteiger partial charge in [-0.05, 0) is 31.9 Å². The Kier molecular flexibility index (Phi) is 4.42. The van der Waals surface area contributed by atoms with Gasteiger partial charge in [0, 0.05) is 6.07 Å². The summed E-state index contributed by atoms with van der Waals surface area (Å²) in [7, 11) is 2.99. The van der Waals surface area contributed by atoms with E-state index in [1.54, 1.807) is 19.2 Å². The highest BCUT2D eigenvalue weighted by Crippen LogP contribution is 2.41. The Balaban J connectivity index is 2.20. The molecule has 0 aliphatic heterocycles. The molecule has 1 aliphatic carbocycles. The van der Waals surface area contributed by atoms with Crippen LogP contribution in [0.1, 0.15) is 12.8 Å². The SMILES string of the molecule is CNC(COc1ccccc1[N+](=O)[O-])(C(=O)OC)C1CC1. The normalized spacial score (nSPS) is 16.9. The number of hydrogen-bond acceptors (Lipinski definition) is 6. The Bertz CT molecular complexity index is 544. The highest BCUT2D eigenvalue weighted by Gasteiger charge is 2.52. The van der Waals surface area contributed by atoms with Crippen LogP contribution < -0.4 is 10.1 Å². The van der Waals surface area contributed by atoms with Crippen LogP contribution in [0, 0.1) is 16.0 Å². The van der Waals surface area contributed by atoms with Crippen LogP contribution in [0.15, 0.2) is 24.3 Å². The highest BCUT2D eigenvalue weighted by atomic mass is 16.6. The molecule has 114 valence electrons. The number of nitrogens with zero attached hydrogens (tertiary/aromatic N) is 1. The molecule has 0 bridgehead atoms. The number of likely N-dealkylation sites (N-methyl/N-ethyl adjacent to an activating group) is 1. The van der Waals surface area contributed by atoms with Gasteiger partial charge in [0.1, 0.15) is 6.61 Å². The molecule has 1 unspecified atom stereocenters. The molecule has 1 atom stereocenters. The second-order valence-electron chi connectivity index (χ2n) is 5.00. The fourth-order valence-electron chi connectivity index (χ4n) is 2.40. The Hall–Kier alpha value is -2.15. The van der Waals surface area contributed by atoms with E-state index in [-0.39, 0.29) is 24.0 Å². The van der Waals surface area contributed by atoms with Gasteiger partial charge in [0.05, 0.1) is 12.0 Å². The molecular formula is C14H18N2O5. The van der Waals surface area contributed by atoms with Crippen molar-refractivity contribution in [1.29, 1.82) is 0 Å². The van der Waals surface area contributed by atoms with E-state index < -0.39 is 16.4 Å². The minimum atomic E-state index is -0.960. The summed E-state index contributed by atoms with van der Waals surface area (Å²) in [5.41, 5.74) is -1.08. The van der Waals surface area contributed by atoms with E-state index in [0.29, 0.717) is 0 Å². The van der Waals surface area contributed by atoms with Crippen molar-refractivity contribution < 1.29 is 19.2 Å². The first kappa shape index (κ1) is 15.2. The summed E-state index contributed by atoms with van der Waals surface area (Å²) in [6.45, 7) is -0.00824. The number of rotatable bonds is 7. The lowest BCUT2D eigenvalue weighted by Gasteiger charge is -2.30. The number of esters is 1. The molecule has 1 aromatic carbocycles. The number of ether oxygens (including phenoxy) is 2. The first-order chi connectivity index (χ1) is 10.0. The Morgan fingerprint density at radius 2 is 2.14 bits per heavy atom. The molecule has 7 heteroatoms. The molecule has 0 aromatic heterocycles. The van der Waals surface area contributed by atoms with Gasteiger partial charge >= 0.3 is 11.7 Å². The second-order valence-corrected chi connectivity index (χ2v) is 5.00. The van der Waals surface area contributed by atoms with Crippen LogP contribution in [0.2, 0.25) is 0 Å². The molecule has 0 saturated heterocycles. The average Bonchev–Trinajstić information content (AvgIpc) is 3.33. The molecule has 21 heavy (non-hydrogen) atoms. The maximum absolute atomic E-state index is 12.1. The van der Waals surface area contributed by atoms with Gasteiger partial charge in [-0.2, -0.15) is 0 Å². The van der Waals surface area contributed by atoms with Gasteiger partial charge in [0.2, 0.25) is 0 Å². The zero-order valence-electron chi connectivity index (χ0n) is 12.0. The first-order valence-corrected chi connectivity index (χ1v) is 6.68. The fourth-order valence-corrected chi connectivity index (χ4v) is 2.40. The van der Waals surface area contributed by atoms with Gasteiger partial charge in [-0.15, -0.1) is 0 Å². The van der Waals surface area contributed by atoms with Gasteiger partial charge in [0.25, 0.3) is 0 Å². The lowest BCUT2D eigenvalue weighted by molar-refractivity contribution is -0.385. The van der Waals surface area contributed by atoms with Gasteiger partial charge < -0.3 is 14.8 Å². The minimum absolute atomic E-state index is 0.00824. The van der Waals surface area contributed by atoms with Crippen molar-refractivity contribution in [2.75, 3.05) is 20.8 Å². The third-order valence-corrected chi connectivity index (χ3v) is 3.79. The molecule has 0 spiro atoms. The van der Waals surface area contributed by atoms with Crippen molar-refractivity contribution in [3.63, 3.8) is 0 Å². The number of carbonyl (C=O) groups excluding carboxylic acids is 1. The van der Waals surface area contributed by atoms with Crippen molar-refractivity contribution in [2.24, 2.45) is 5.92 Å². The van der Waals surface area contributed by atoms with Gasteiger partial charge in [-0.25, -0.2) is 4.79 Å². The third kappa shape index (κ3) is 2.97. The Morgan fingerprint density at radius 1 is 1.48 bits per heavy atom. The summed E-state index contributed by atoms with van der Waals surface area (Å²) in [6.07, 6.45) is 1.80. The number of benzene rings is 1. The molecule has 0 heterocycles. The first-order valence-electron chi connectivity index (χ1n) is 6.68. The highest BCUT2D eigenvalue weighted by molar-refractivity contribution is 5.82. The standard InChI is InChI=1S/C14H18N2O5/c1-15-14(10-7-8-10,13(17)20-2)9-21-12-6-4-3-5-11(12)16(18)19/h3-6,10,15H,7-9H2,1-2H3. The van der Waals surface area contributed by atoms with E-state index in [0.717, 1.165) is 12.8 Å². The zero-order valence-corrected chi connectivity index (χ0v) is 12.0. The topological polar surface area (TPSA) is 90.7 Å². The molecular weight excluding hydrogens is 276 g/mol. The molecule has 1 fully saturated rings. The monoisotopic (exact) mass is 294 g/mol. The van der Waals surface area contributed by atoms with E-state index in [1.165, 1.54) is 19.2 Å². The predicted molar refractivity (Wildman–Crippen MR) is 75.1 cm³/mol. The summed E-state index contributed by atoms with van der Waals surface area (Å²) in [5.74, 6) is -0.143. The number of nitro benzene ring substituents is 1. The summed E-state index contributed by atoms with van der Waals surface area (Å²) in [6, 6.07) is 6.10. The number of carbonyl (C=O) groups is 1. The van der Waals surface area contributed by atoms with Gasteiger partial charge in [-0.3, -0.25) is 10.1 Å². The van der Waals surface area contributed by atoms with E-state index in [4.69, 9.17) is 9.47 Å². The summed E-state index contributed by atoms with van der Waals surface area (Å²) >= 11 is 0. The van der Waals surface area contributed by atoms with Crippen LogP contribution in [0.5, 0.6) is 5.75 Å². The number of hydrogen-bond donors (Lipinski definition) is 1. The lowest BCUT2D eigenvalue weighted by Crippen LogP contribution is -2.57.